The summed E-state index contributed by atoms with van der Waals surface area (Å²) in [6.07, 6.45) is 0.821. The van der Waals surface area contributed by atoms with E-state index in [0.717, 1.165) is 40.7 Å². The molecule has 0 bridgehead atoms. The number of carboxylic acid groups (broad SMARTS) is 1. The fourth-order valence-electron chi connectivity index (χ4n) is 5.36. The SMILES string of the molecule is CN(Cc1ccccc1)CC(NC(=O)OCC1c2ccccc2-c2ccccc21)C(=O)N(CC(=O)O)C1CC1. The Morgan fingerprint density at radius 2 is 1.51 bits per heavy atom. The van der Waals surface area contributed by atoms with E-state index in [4.69, 9.17) is 4.74 Å². The lowest BCUT2D eigenvalue weighted by atomic mass is 9.98. The molecule has 0 aliphatic heterocycles. The minimum Gasteiger partial charge on any atom is -0.480 e. The number of fused-ring (bicyclic) bond motifs is 3. The van der Waals surface area contributed by atoms with Gasteiger partial charge in [0.05, 0.1) is 0 Å². The Bertz CT molecular complexity index is 1300. The summed E-state index contributed by atoms with van der Waals surface area (Å²) in [6, 6.07) is 24.9. The van der Waals surface area contributed by atoms with Crippen molar-refractivity contribution >= 4 is 18.0 Å². The summed E-state index contributed by atoms with van der Waals surface area (Å²) in [6.45, 7) is 0.511. The number of hydrogen-bond donors (Lipinski definition) is 2. The zero-order valence-electron chi connectivity index (χ0n) is 22.0. The van der Waals surface area contributed by atoms with Crippen LogP contribution in [-0.4, -0.2) is 71.7 Å². The van der Waals surface area contributed by atoms with Crippen LogP contribution in [-0.2, 0) is 20.9 Å². The van der Waals surface area contributed by atoms with E-state index in [2.05, 4.69) is 17.4 Å². The zero-order chi connectivity index (χ0) is 27.4. The second kappa shape index (κ2) is 11.7. The van der Waals surface area contributed by atoms with Crippen LogP contribution < -0.4 is 5.32 Å². The van der Waals surface area contributed by atoms with Gasteiger partial charge in [0.25, 0.3) is 0 Å². The molecular weight excluding hydrogens is 494 g/mol. The third kappa shape index (κ3) is 6.29. The molecule has 0 radical (unpaired) electrons. The van der Waals surface area contributed by atoms with Gasteiger partial charge in [0.2, 0.25) is 5.91 Å². The van der Waals surface area contributed by atoms with Gasteiger partial charge < -0.3 is 20.1 Å². The van der Waals surface area contributed by atoms with Crippen LogP contribution in [0, 0.1) is 0 Å². The maximum absolute atomic E-state index is 13.5. The van der Waals surface area contributed by atoms with Crippen LogP contribution in [0.25, 0.3) is 11.1 Å². The highest BCUT2D eigenvalue weighted by Gasteiger charge is 2.38. The first kappa shape index (κ1) is 26.4. The fourth-order valence-corrected chi connectivity index (χ4v) is 5.36. The number of amides is 2. The number of likely N-dealkylation sites (N-methyl/N-ethyl adjacent to an activating group) is 1. The van der Waals surface area contributed by atoms with E-state index < -0.39 is 30.6 Å². The van der Waals surface area contributed by atoms with Crippen molar-refractivity contribution in [1.82, 2.24) is 15.1 Å². The molecule has 1 saturated carbocycles. The summed E-state index contributed by atoms with van der Waals surface area (Å²) in [5, 5.41) is 12.2. The van der Waals surface area contributed by atoms with E-state index in [9.17, 15) is 19.5 Å². The van der Waals surface area contributed by atoms with E-state index in [1.54, 1.807) is 0 Å². The van der Waals surface area contributed by atoms with Crippen molar-refractivity contribution in [1.29, 1.82) is 0 Å². The topological polar surface area (TPSA) is 99.2 Å². The standard InChI is InChI=1S/C31H33N3O5/c1-33(17-21-9-3-2-4-10-21)18-28(30(37)34(19-29(35)36)22-15-16-22)32-31(38)39-20-27-25-13-7-5-11-23(25)24-12-6-8-14-26(24)27/h2-14,22,27-28H,15-20H2,1H3,(H,32,38)(H,35,36). The van der Waals surface area contributed by atoms with E-state index in [1.165, 1.54) is 4.90 Å². The summed E-state index contributed by atoms with van der Waals surface area (Å²) in [4.78, 5) is 41.4. The maximum Gasteiger partial charge on any atom is 0.407 e. The summed E-state index contributed by atoms with van der Waals surface area (Å²) >= 11 is 0. The van der Waals surface area contributed by atoms with Gasteiger partial charge in [-0.25, -0.2) is 4.79 Å². The lowest BCUT2D eigenvalue weighted by molar-refractivity contribution is -0.146. The molecule has 1 fully saturated rings. The van der Waals surface area contributed by atoms with Gasteiger partial charge in [-0.2, -0.15) is 0 Å². The molecule has 2 aliphatic carbocycles. The molecule has 8 heteroatoms. The van der Waals surface area contributed by atoms with Gasteiger partial charge in [-0.3, -0.25) is 14.5 Å². The third-order valence-electron chi connectivity index (χ3n) is 7.30. The van der Waals surface area contributed by atoms with Crippen LogP contribution in [0.4, 0.5) is 4.79 Å². The van der Waals surface area contributed by atoms with E-state index in [0.29, 0.717) is 6.54 Å². The Morgan fingerprint density at radius 3 is 2.10 bits per heavy atom. The molecule has 202 valence electrons. The molecule has 0 heterocycles. The summed E-state index contributed by atoms with van der Waals surface area (Å²) in [7, 11) is 1.87. The first-order valence-electron chi connectivity index (χ1n) is 13.3. The van der Waals surface area contributed by atoms with E-state index in [1.807, 2.05) is 78.7 Å². The number of hydrogen-bond acceptors (Lipinski definition) is 5. The van der Waals surface area contributed by atoms with Gasteiger partial charge in [-0.15, -0.1) is 0 Å². The molecule has 1 atom stereocenters. The van der Waals surface area contributed by atoms with Crippen molar-refractivity contribution in [2.24, 2.45) is 0 Å². The number of nitrogens with one attached hydrogen (secondary N) is 1. The van der Waals surface area contributed by atoms with E-state index >= 15 is 0 Å². The van der Waals surface area contributed by atoms with Crippen LogP contribution in [0.2, 0.25) is 0 Å². The second-order valence-corrected chi connectivity index (χ2v) is 10.3. The normalized spacial score (nSPS) is 14.8. The van der Waals surface area contributed by atoms with Crippen molar-refractivity contribution < 1.29 is 24.2 Å². The number of benzene rings is 3. The Hall–Kier alpha value is -4.17. The van der Waals surface area contributed by atoms with E-state index in [-0.39, 0.29) is 25.1 Å². The average molecular weight is 528 g/mol. The van der Waals surface area contributed by atoms with Gasteiger partial charge in [-0.1, -0.05) is 78.9 Å². The highest BCUT2D eigenvalue weighted by Crippen LogP contribution is 2.44. The molecule has 0 spiro atoms. The quantitative estimate of drug-likeness (QED) is 0.390. The second-order valence-electron chi connectivity index (χ2n) is 10.3. The number of carbonyl (C=O) groups is 3. The molecule has 8 nitrogen and oxygen atoms in total. The minimum atomic E-state index is -1.08. The predicted molar refractivity (Wildman–Crippen MR) is 147 cm³/mol. The maximum atomic E-state index is 13.5. The highest BCUT2D eigenvalue weighted by atomic mass is 16.5. The Balaban J connectivity index is 1.29. The molecule has 3 aromatic carbocycles. The lowest BCUT2D eigenvalue weighted by Crippen LogP contribution is -2.54. The Kier molecular flexibility index (Phi) is 7.93. The average Bonchev–Trinajstić information content (AvgIpc) is 3.73. The molecule has 2 amide bonds. The van der Waals surface area contributed by atoms with Gasteiger partial charge in [0.15, 0.2) is 0 Å². The number of carbonyl (C=O) groups excluding carboxylic acids is 2. The number of ether oxygens (including phenoxy) is 1. The first-order chi connectivity index (χ1) is 18.9. The first-order valence-corrected chi connectivity index (χ1v) is 13.3. The van der Waals surface area contributed by atoms with Crippen LogP contribution in [0.15, 0.2) is 78.9 Å². The largest absolute Gasteiger partial charge is 0.480 e. The van der Waals surface area contributed by atoms with Crippen LogP contribution in [0.3, 0.4) is 0 Å². The van der Waals surface area contributed by atoms with Crippen molar-refractivity contribution in [2.45, 2.75) is 37.4 Å². The molecule has 5 rings (SSSR count). The monoisotopic (exact) mass is 527 g/mol. The van der Waals surface area contributed by atoms with Crippen LogP contribution in [0.5, 0.6) is 0 Å². The Morgan fingerprint density at radius 1 is 0.923 bits per heavy atom. The van der Waals surface area contributed by atoms with Crippen LogP contribution >= 0.6 is 0 Å². The molecule has 0 saturated heterocycles. The van der Waals surface area contributed by atoms with Crippen molar-refractivity contribution in [3.05, 3.63) is 95.6 Å². The van der Waals surface area contributed by atoms with Gasteiger partial charge in [0.1, 0.15) is 19.2 Å². The molecular formula is C31H33N3O5. The zero-order valence-corrected chi connectivity index (χ0v) is 22.0. The summed E-state index contributed by atoms with van der Waals surface area (Å²) in [5.74, 6) is -1.59. The molecule has 2 N–H and O–H groups in total. The van der Waals surface area contributed by atoms with Crippen molar-refractivity contribution in [2.75, 3.05) is 26.7 Å². The smallest absolute Gasteiger partial charge is 0.407 e. The van der Waals surface area contributed by atoms with Crippen LogP contribution in [0.1, 0.15) is 35.4 Å². The predicted octanol–water partition coefficient (Wildman–Crippen LogP) is 4.10. The minimum absolute atomic E-state index is 0.104. The fraction of sp³-hybridized carbons (Fsp3) is 0.323. The molecule has 2 aliphatic rings. The number of rotatable bonds is 11. The lowest BCUT2D eigenvalue weighted by Gasteiger charge is -2.29. The van der Waals surface area contributed by atoms with Gasteiger partial charge in [-0.05, 0) is 47.7 Å². The summed E-state index contributed by atoms with van der Waals surface area (Å²) in [5.41, 5.74) is 5.53. The molecule has 1 unspecified atom stereocenters. The Labute approximate surface area is 228 Å². The van der Waals surface area contributed by atoms with Gasteiger partial charge >= 0.3 is 12.1 Å². The molecule has 3 aromatic rings. The van der Waals surface area contributed by atoms with Crippen molar-refractivity contribution in [3.63, 3.8) is 0 Å². The third-order valence-corrected chi connectivity index (χ3v) is 7.30. The van der Waals surface area contributed by atoms with Crippen molar-refractivity contribution in [3.8, 4) is 11.1 Å². The molecule has 39 heavy (non-hydrogen) atoms. The number of carboxylic acids is 1. The van der Waals surface area contributed by atoms with Gasteiger partial charge in [0, 0.05) is 25.0 Å². The summed E-state index contributed by atoms with van der Waals surface area (Å²) < 4.78 is 5.70. The molecule has 0 aromatic heterocycles. The number of alkyl carbamates (subject to hydrolysis) is 1. The highest BCUT2D eigenvalue weighted by molar-refractivity contribution is 5.89. The number of aliphatic carboxylic acids is 1. The number of nitrogens with zero attached hydrogens (tertiary/aromatic N) is 2.